The molecule has 1 unspecified atom stereocenters. The highest BCUT2D eigenvalue weighted by atomic mass is 35.5. The van der Waals surface area contributed by atoms with Gasteiger partial charge in [-0.05, 0) is 19.1 Å². The number of hydrogen-bond donors (Lipinski definition) is 1. The summed E-state index contributed by atoms with van der Waals surface area (Å²) in [5, 5.41) is 10.5. The predicted molar refractivity (Wildman–Crippen MR) is 90.6 cm³/mol. The molecule has 0 amide bonds. The van der Waals surface area contributed by atoms with Gasteiger partial charge in [0.1, 0.15) is 11.3 Å². The number of aliphatic hydroxyl groups excluding tert-OH is 1. The number of halogens is 4. The Balaban J connectivity index is 2.62. The van der Waals surface area contributed by atoms with E-state index in [1.807, 2.05) is 0 Å². The third-order valence-corrected chi connectivity index (χ3v) is 5.21. The molecule has 0 saturated heterocycles. The van der Waals surface area contributed by atoms with Crippen LogP contribution in [0.5, 0.6) is 0 Å². The average molecular weight is 412 g/mol. The molecule has 1 aromatic heterocycles. The summed E-state index contributed by atoms with van der Waals surface area (Å²) in [6.07, 6.45) is -1.53. The van der Waals surface area contributed by atoms with Gasteiger partial charge in [0.15, 0.2) is 5.82 Å². The van der Waals surface area contributed by atoms with Crippen LogP contribution in [0.2, 0.25) is 10.2 Å². The summed E-state index contributed by atoms with van der Waals surface area (Å²) in [4.78, 5) is 7.92. The normalized spacial score (nSPS) is 13.1. The van der Waals surface area contributed by atoms with E-state index in [4.69, 9.17) is 23.2 Å². The Bertz CT molecular complexity index is 877. The maximum absolute atomic E-state index is 12.9. The van der Waals surface area contributed by atoms with E-state index in [1.54, 1.807) is 6.92 Å². The van der Waals surface area contributed by atoms with Crippen molar-refractivity contribution in [3.8, 4) is 0 Å². The number of hydrogen-bond acceptors (Lipinski definition) is 5. The molecule has 0 aliphatic heterocycles. The van der Waals surface area contributed by atoms with E-state index in [9.17, 15) is 22.3 Å². The third kappa shape index (κ3) is 4.00. The van der Waals surface area contributed by atoms with Crippen molar-refractivity contribution in [3.05, 3.63) is 51.5 Å². The van der Waals surface area contributed by atoms with Crippen LogP contribution in [0.4, 0.5) is 14.5 Å². The van der Waals surface area contributed by atoms with Crippen LogP contribution < -0.4 is 4.31 Å². The molecule has 25 heavy (non-hydrogen) atoms. The Morgan fingerprint density at radius 1 is 1.24 bits per heavy atom. The van der Waals surface area contributed by atoms with E-state index in [1.165, 1.54) is 24.3 Å². The van der Waals surface area contributed by atoms with Gasteiger partial charge in [0.25, 0.3) is 10.0 Å². The number of aryl methyl sites for hydroxylation is 1. The van der Waals surface area contributed by atoms with Gasteiger partial charge in [-0.15, -0.1) is 0 Å². The van der Waals surface area contributed by atoms with E-state index < -0.39 is 21.9 Å². The summed E-state index contributed by atoms with van der Waals surface area (Å²) >= 11 is 11.8. The van der Waals surface area contributed by atoms with Gasteiger partial charge in [0.2, 0.25) is 0 Å². The van der Waals surface area contributed by atoms with Crippen molar-refractivity contribution in [2.75, 3.05) is 11.4 Å². The Hall–Kier alpha value is -1.55. The number of anilines is 1. The number of aromatic nitrogens is 2. The average Bonchev–Trinajstić information content (AvgIpc) is 2.52. The van der Waals surface area contributed by atoms with E-state index in [2.05, 4.69) is 9.97 Å². The van der Waals surface area contributed by atoms with Crippen molar-refractivity contribution in [2.24, 2.45) is 0 Å². The number of alkyl halides is 2. The van der Waals surface area contributed by atoms with E-state index in [0.29, 0.717) is 10.00 Å². The molecule has 1 aromatic carbocycles. The van der Waals surface area contributed by atoms with E-state index >= 15 is 0 Å². The number of aliphatic hydroxyl groups is 1. The van der Waals surface area contributed by atoms with Crippen molar-refractivity contribution < 1.29 is 22.3 Å². The van der Waals surface area contributed by atoms with Gasteiger partial charge in [0, 0.05) is 18.3 Å². The molecule has 2 rings (SSSR count). The van der Waals surface area contributed by atoms with Crippen LogP contribution >= 0.6 is 23.2 Å². The molecule has 1 heterocycles. The fourth-order valence-electron chi connectivity index (χ4n) is 2.15. The summed E-state index contributed by atoms with van der Waals surface area (Å²) in [6.45, 7) is 1.62. The van der Waals surface area contributed by atoms with Crippen molar-refractivity contribution in [1.82, 2.24) is 9.97 Å². The first kappa shape index (κ1) is 19.8. The minimum absolute atomic E-state index is 0.0547. The lowest BCUT2D eigenvalue weighted by molar-refractivity contribution is 0.210. The van der Waals surface area contributed by atoms with Crippen molar-refractivity contribution >= 4 is 38.9 Å². The number of para-hydroxylation sites is 1. The van der Waals surface area contributed by atoms with Crippen LogP contribution in [-0.2, 0) is 10.0 Å². The molecule has 0 saturated carbocycles. The van der Waals surface area contributed by atoms with Crippen LogP contribution in [0, 0.1) is 6.92 Å². The lowest BCUT2D eigenvalue weighted by Crippen LogP contribution is -2.33. The predicted octanol–water partition coefficient (Wildman–Crippen LogP) is 3.16. The molecular formula is C14H13Cl2F2N3O3S. The summed E-state index contributed by atoms with van der Waals surface area (Å²) < 4.78 is 49.6. The van der Waals surface area contributed by atoms with Crippen LogP contribution in [0.1, 0.15) is 23.2 Å². The fraction of sp³-hybridized carbons (Fsp3) is 0.286. The van der Waals surface area contributed by atoms with Crippen LogP contribution in [-0.4, -0.2) is 36.3 Å². The molecule has 0 fully saturated rings. The van der Waals surface area contributed by atoms with Crippen molar-refractivity contribution in [2.45, 2.75) is 18.8 Å². The van der Waals surface area contributed by atoms with Crippen LogP contribution in [0.25, 0.3) is 0 Å². The highest BCUT2D eigenvalue weighted by Gasteiger charge is 2.33. The first-order valence-corrected chi connectivity index (χ1v) is 9.05. The third-order valence-electron chi connectivity index (χ3n) is 3.32. The molecule has 0 bridgehead atoms. The van der Waals surface area contributed by atoms with Crippen molar-refractivity contribution in [3.63, 3.8) is 0 Å². The van der Waals surface area contributed by atoms with Crippen LogP contribution in [0.15, 0.2) is 24.3 Å². The molecule has 0 radical (unpaired) electrons. The maximum Gasteiger partial charge on any atom is 0.355 e. The zero-order chi connectivity index (χ0) is 18.9. The van der Waals surface area contributed by atoms with Gasteiger partial charge in [-0.1, -0.05) is 35.3 Å². The number of nitrogens with zero attached hydrogens (tertiary/aromatic N) is 3. The smallest absolute Gasteiger partial charge is 0.355 e. The summed E-state index contributed by atoms with van der Waals surface area (Å²) in [6, 6.07) is 5.55. The van der Waals surface area contributed by atoms with Crippen LogP contribution in [0.3, 0.4) is 0 Å². The van der Waals surface area contributed by atoms with Gasteiger partial charge in [-0.25, -0.2) is 18.4 Å². The molecule has 0 spiro atoms. The summed E-state index contributed by atoms with van der Waals surface area (Å²) in [5.41, 5.74) is 0.116. The Kier molecular flexibility index (Phi) is 5.82. The topological polar surface area (TPSA) is 83.4 Å². The van der Waals surface area contributed by atoms with E-state index in [0.717, 1.165) is 7.05 Å². The molecule has 11 heteroatoms. The summed E-state index contributed by atoms with van der Waals surface area (Å²) in [7, 11) is -4.05. The highest BCUT2D eigenvalue weighted by Crippen LogP contribution is 2.37. The minimum Gasteiger partial charge on any atom is -0.380 e. The highest BCUT2D eigenvalue weighted by molar-refractivity contribution is 7.93. The molecule has 136 valence electrons. The zero-order valence-electron chi connectivity index (χ0n) is 13.0. The maximum atomic E-state index is 12.9. The molecule has 0 aliphatic carbocycles. The summed E-state index contributed by atoms with van der Waals surface area (Å²) in [5.74, 6) is -3.76. The minimum atomic E-state index is -4.97. The number of sulfonamides is 1. The first-order chi connectivity index (χ1) is 11.6. The number of benzene rings is 1. The standard InChI is InChI=1S/C14H13Cl2F2N3O3S/c1-7-6-10(16)20-13(19-7)12(22)8-4-3-5-9(15)11(8)21(2)25(23,24)14(17)18/h3-6,12,14,22H,1-2H3. The Labute approximate surface area is 153 Å². The Morgan fingerprint density at radius 2 is 1.88 bits per heavy atom. The van der Waals surface area contributed by atoms with Gasteiger partial charge in [-0.3, -0.25) is 4.31 Å². The number of rotatable bonds is 5. The van der Waals surface area contributed by atoms with E-state index in [-0.39, 0.29) is 27.3 Å². The lowest BCUT2D eigenvalue weighted by atomic mass is 10.1. The van der Waals surface area contributed by atoms with Gasteiger partial charge in [-0.2, -0.15) is 8.78 Å². The molecule has 2 aromatic rings. The fourth-order valence-corrected chi connectivity index (χ4v) is 3.45. The van der Waals surface area contributed by atoms with Gasteiger partial charge >= 0.3 is 5.76 Å². The van der Waals surface area contributed by atoms with Gasteiger partial charge in [0.05, 0.1) is 10.7 Å². The Morgan fingerprint density at radius 3 is 2.44 bits per heavy atom. The molecule has 1 N–H and O–H groups in total. The zero-order valence-corrected chi connectivity index (χ0v) is 15.3. The molecular weight excluding hydrogens is 399 g/mol. The second kappa shape index (κ2) is 7.36. The SMILES string of the molecule is Cc1cc(Cl)nc(C(O)c2cccc(Cl)c2N(C)S(=O)(=O)C(F)F)n1. The largest absolute Gasteiger partial charge is 0.380 e. The second-order valence-electron chi connectivity index (χ2n) is 5.04. The first-order valence-electron chi connectivity index (χ1n) is 6.79. The molecule has 6 nitrogen and oxygen atoms in total. The van der Waals surface area contributed by atoms with Crippen molar-refractivity contribution in [1.29, 1.82) is 0 Å². The monoisotopic (exact) mass is 411 g/mol. The second-order valence-corrected chi connectivity index (χ2v) is 7.77. The lowest BCUT2D eigenvalue weighted by Gasteiger charge is -2.24. The quantitative estimate of drug-likeness (QED) is 0.763. The molecule has 0 aliphatic rings. The van der Waals surface area contributed by atoms with Gasteiger partial charge < -0.3 is 5.11 Å². The molecule has 1 atom stereocenters.